The topological polar surface area (TPSA) is 57.6 Å². The second-order valence-electron chi connectivity index (χ2n) is 4.53. The molecule has 4 nitrogen and oxygen atoms in total. The predicted octanol–water partition coefficient (Wildman–Crippen LogP) is 1.75. The molecule has 1 atom stereocenters. The Morgan fingerprint density at radius 1 is 1.41 bits per heavy atom. The van der Waals surface area contributed by atoms with Gasteiger partial charge in [-0.25, -0.2) is 8.78 Å². The lowest BCUT2D eigenvalue weighted by atomic mass is 9.92. The van der Waals surface area contributed by atoms with Gasteiger partial charge in [0, 0.05) is 25.4 Å². The van der Waals surface area contributed by atoms with E-state index in [4.69, 9.17) is 5.11 Å². The number of carboxylic acid groups (broad SMARTS) is 1. The van der Waals surface area contributed by atoms with Crippen LogP contribution in [0.4, 0.5) is 8.78 Å². The minimum absolute atomic E-state index is 0.0297. The first-order valence-electron chi connectivity index (χ1n) is 5.68. The highest BCUT2D eigenvalue weighted by molar-refractivity contribution is 5.80. The lowest BCUT2D eigenvalue weighted by molar-refractivity contribution is -0.143. The Balaban J connectivity index is 2.49. The highest BCUT2D eigenvalue weighted by Gasteiger charge is 2.38. The van der Waals surface area contributed by atoms with Crippen molar-refractivity contribution in [2.75, 3.05) is 13.1 Å². The zero-order chi connectivity index (χ0) is 13.1. The molecular formula is C11H17F2NO3. The molecule has 0 spiro atoms. The molecule has 1 fully saturated rings. The van der Waals surface area contributed by atoms with Gasteiger partial charge in [-0.3, -0.25) is 9.59 Å². The molecule has 1 saturated heterocycles. The number of piperidine rings is 1. The number of carbonyl (C=O) groups excluding carboxylic acids is 1. The van der Waals surface area contributed by atoms with Crippen molar-refractivity contribution in [3.05, 3.63) is 0 Å². The van der Waals surface area contributed by atoms with Gasteiger partial charge in [0.05, 0.1) is 6.42 Å². The van der Waals surface area contributed by atoms with Crippen LogP contribution in [-0.4, -0.2) is 40.9 Å². The minimum atomic E-state index is -2.79. The largest absolute Gasteiger partial charge is 0.481 e. The summed E-state index contributed by atoms with van der Waals surface area (Å²) >= 11 is 0. The van der Waals surface area contributed by atoms with Crippen LogP contribution in [-0.2, 0) is 9.59 Å². The molecule has 6 heteroatoms. The minimum Gasteiger partial charge on any atom is -0.481 e. The van der Waals surface area contributed by atoms with Crippen molar-refractivity contribution in [2.24, 2.45) is 5.92 Å². The van der Waals surface area contributed by atoms with Crippen LogP contribution < -0.4 is 0 Å². The van der Waals surface area contributed by atoms with Gasteiger partial charge in [0.1, 0.15) is 0 Å². The molecule has 1 heterocycles. The molecule has 1 rings (SSSR count). The van der Waals surface area contributed by atoms with E-state index in [0.29, 0.717) is 19.4 Å². The normalized spacial score (nSPS) is 21.4. The molecule has 1 unspecified atom stereocenters. The number of likely N-dealkylation sites (tertiary alicyclic amines) is 1. The number of halogens is 2. The zero-order valence-electron chi connectivity index (χ0n) is 9.79. The fourth-order valence-electron chi connectivity index (χ4n) is 1.99. The standard InChI is InChI=1S/C11H17F2NO3/c1-11(12,13)8-3-2-6-14(7-8)9(15)4-5-10(16)17/h8H,2-7H2,1H3,(H,16,17). The predicted molar refractivity (Wildman–Crippen MR) is 56.8 cm³/mol. The van der Waals surface area contributed by atoms with E-state index in [0.717, 1.165) is 6.92 Å². The van der Waals surface area contributed by atoms with Gasteiger partial charge < -0.3 is 10.0 Å². The SMILES string of the molecule is CC(F)(F)C1CCCN(C(=O)CCC(=O)O)C1. The van der Waals surface area contributed by atoms with Crippen molar-refractivity contribution in [2.45, 2.75) is 38.5 Å². The number of amides is 1. The van der Waals surface area contributed by atoms with Crippen LogP contribution in [0, 0.1) is 5.92 Å². The molecule has 0 aromatic rings. The van der Waals surface area contributed by atoms with Crippen molar-refractivity contribution in [1.29, 1.82) is 0 Å². The van der Waals surface area contributed by atoms with Gasteiger partial charge in [0.2, 0.25) is 11.8 Å². The first-order valence-corrected chi connectivity index (χ1v) is 5.68. The molecular weight excluding hydrogens is 232 g/mol. The molecule has 1 aliphatic rings. The van der Waals surface area contributed by atoms with Gasteiger partial charge >= 0.3 is 5.97 Å². The molecule has 98 valence electrons. The van der Waals surface area contributed by atoms with Crippen LogP contribution in [0.3, 0.4) is 0 Å². The second kappa shape index (κ2) is 5.42. The Labute approximate surface area is 98.6 Å². The molecule has 0 bridgehead atoms. The third-order valence-corrected chi connectivity index (χ3v) is 3.04. The third-order valence-electron chi connectivity index (χ3n) is 3.04. The summed E-state index contributed by atoms with van der Waals surface area (Å²) in [6, 6.07) is 0. The summed E-state index contributed by atoms with van der Waals surface area (Å²) in [5.41, 5.74) is 0. The molecule has 1 amide bonds. The maximum Gasteiger partial charge on any atom is 0.303 e. The van der Waals surface area contributed by atoms with Crippen LogP contribution in [0.15, 0.2) is 0 Å². The summed E-state index contributed by atoms with van der Waals surface area (Å²) in [6.07, 6.45) is 0.596. The monoisotopic (exact) mass is 249 g/mol. The Bertz CT molecular complexity index is 302. The summed E-state index contributed by atoms with van der Waals surface area (Å²) in [4.78, 5) is 23.3. The van der Waals surface area contributed by atoms with E-state index in [1.807, 2.05) is 0 Å². The van der Waals surface area contributed by atoms with Gasteiger partial charge in [-0.05, 0) is 19.8 Å². The van der Waals surface area contributed by atoms with Gasteiger partial charge in [0.25, 0.3) is 0 Å². The lowest BCUT2D eigenvalue weighted by Crippen LogP contribution is -2.45. The Kier molecular flexibility index (Phi) is 4.42. The van der Waals surface area contributed by atoms with E-state index >= 15 is 0 Å². The van der Waals surface area contributed by atoms with Crippen LogP contribution in [0.2, 0.25) is 0 Å². The van der Waals surface area contributed by atoms with E-state index in [2.05, 4.69) is 0 Å². The fourth-order valence-corrected chi connectivity index (χ4v) is 1.99. The van der Waals surface area contributed by atoms with E-state index in [9.17, 15) is 18.4 Å². The lowest BCUT2D eigenvalue weighted by Gasteiger charge is -2.35. The fraction of sp³-hybridized carbons (Fsp3) is 0.818. The Morgan fingerprint density at radius 2 is 2.06 bits per heavy atom. The summed E-state index contributed by atoms with van der Waals surface area (Å²) in [6.45, 7) is 1.34. The highest BCUT2D eigenvalue weighted by atomic mass is 19.3. The number of aliphatic carboxylic acids is 1. The van der Waals surface area contributed by atoms with Gasteiger partial charge in [-0.2, -0.15) is 0 Å². The number of hydrogen-bond acceptors (Lipinski definition) is 2. The van der Waals surface area contributed by atoms with E-state index < -0.39 is 17.8 Å². The summed E-state index contributed by atoms with van der Waals surface area (Å²) in [5.74, 6) is -5.00. The van der Waals surface area contributed by atoms with E-state index in [1.54, 1.807) is 0 Å². The number of nitrogens with zero attached hydrogens (tertiary/aromatic N) is 1. The van der Waals surface area contributed by atoms with E-state index in [-0.39, 0.29) is 25.3 Å². The average Bonchev–Trinajstić information content (AvgIpc) is 2.25. The summed E-state index contributed by atoms with van der Waals surface area (Å²) in [5, 5.41) is 8.45. The zero-order valence-corrected chi connectivity index (χ0v) is 9.79. The van der Waals surface area contributed by atoms with Crippen molar-refractivity contribution >= 4 is 11.9 Å². The van der Waals surface area contributed by atoms with Crippen molar-refractivity contribution in [3.63, 3.8) is 0 Å². The molecule has 17 heavy (non-hydrogen) atoms. The molecule has 0 aliphatic carbocycles. The molecule has 0 saturated carbocycles. The van der Waals surface area contributed by atoms with Crippen LogP contribution in [0.1, 0.15) is 32.6 Å². The third kappa shape index (κ3) is 4.28. The molecule has 1 N–H and O–H groups in total. The maximum absolute atomic E-state index is 13.1. The van der Waals surface area contributed by atoms with Crippen molar-refractivity contribution in [3.8, 4) is 0 Å². The first-order chi connectivity index (χ1) is 7.80. The number of carbonyl (C=O) groups is 2. The Morgan fingerprint density at radius 3 is 2.59 bits per heavy atom. The number of hydrogen-bond donors (Lipinski definition) is 1. The summed E-state index contributed by atoms with van der Waals surface area (Å²) < 4.78 is 26.3. The van der Waals surface area contributed by atoms with Crippen molar-refractivity contribution in [1.82, 2.24) is 4.90 Å². The average molecular weight is 249 g/mol. The van der Waals surface area contributed by atoms with Crippen LogP contribution >= 0.6 is 0 Å². The quantitative estimate of drug-likeness (QED) is 0.825. The van der Waals surface area contributed by atoms with Crippen molar-refractivity contribution < 1.29 is 23.5 Å². The second-order valence-corrected chi connectivity index (χ2v) is 4.53. The molecule has 0 radical (unpaired) electrons. The van der Waals surface area contributed by atoms with Crippen LogP contribution in [0.25, 0.3) is 0 Å². The van der Waals surface area contributed by atoms with E-state index in [1.165, 1.54) is 4.90 Å². The van der Waals surface area contributed by atoms with Crippen LogP contribution in [0.5, 0.6) is 0 Å². The van der Waals surface area contributed by atoms with Gasteiger partial charge in [0.15, 0.2) is 0 Å². The highest BCUT2D eigenvalue weighted by Crippen LogP contribution is 2.31. The molecule has 0 aromatic carbocycles. The number of carboxylic acids is 1. The van der Waals surface area contributed by atoms with Gasteiger partial charge in [-0.1, -0.05) is 0 Å². The number of rotatable bonds is 4. The maximum atomic E-state index is 13.1. The number of alkyl halides is 2. The molecule has 0 aromatic heterocycles. The smallest absolute Gasteiger partial charge is 0.303 e. The molecule has 1 aliphatic heterocycles. The Hall–Kier alpha value is -1.20. The van der Waals surface area contributed by atoms with Gasteiger partial charge in [-0.15, -0.1) is 0 Å². The first kappa shape index (κ1) is 13.9. The summed E-state index contributed by atoms with van der Waals surface area (Å²) in [7, 11) is 0.